The summed E-state index contributed by atoms with van der Waals surface area (Å²) in [4.78, 5) is 37.8. The number of amides is 1. The normalized spacial score (nSPS) is 17.0. The fraction of sp³-hybridized carbons (Fsp3) is 0.294. The molecule has 3 aromatic heterocycles. The average molecular weight is 410 g/mol. The lowest BCUT2D eigenvalue weighted by molar-refractivity contribution is -0.131. The lowest BCUT2D eigenvalue weighted by Gasteiger charge is -2.15. The van der Waals surface area contributed by atoms with E-state index in [4.69, 9.17) is 23.2 Å². The second-order valence-corrected chi connectivity index (χ2v) is 7.09. The largest absolute Gasteiger partial charge is 0.345 e. The molecular weight excluding hydrogens is 396 g/mol. The number of hydrogen-bond acceptors (Lipinski definition) is 4. The minimum atomic E-state index is -1.01. The first-order chi connectivity index (χ1) is 12.9. The molecule has 0 saturated carbocycles. The highest BCUT2D eigenvalue weighted by Gasteiger charge is 2.26. The number of aromatic amines is 1. The van der Waals surface area contributed by atoms with Crippen LogP contribution in [0.4, 0.5) is 4.39 Å². The molecule has 4 rings (SSSR count). The Morgan fingerprint density at radius 3 is 2.89 bits per heavy atom. The molecule has 1 aliphatic heterocycles. The van der Waals surface area contributed by atoms with Gasteiger partial charge in [-0.15, -0.1) is 0 Å². The van der Waals surface area contributed by atoms with Crippen LogP contribution in [0.3, 0.4) is 0 Å². The van der Waals surface area contributed by atoms with E-state index >= 15 is 0 Å². The van der Waals surface area contributed by atoms with E-state index in [1.165, 1.54) is 22.0 Å². The van der Waals surface area contributed by atoms with Gasteiger partial charge >= 0.3 is 0 Å². The summed E-state index contributed by atoms with van der Waals surface area (Å²) < 4.78 is 14.5. The number of pyridine rings is 1. The molecule has 0 bridgehead atoms. The maximum Gasteiger partial charge on any atom is 0.263 e. The van der Waals surface area contributed by atoms with Gasteiger partial charge < -0.3 is 9.88 Å². The number of likely N-dealkylation sites (tertiary alicyclic amines) is 1. The number of nitrogens with zero attached hydrogens (tertiary/aromatic N) is 4. The summed E-state index contributed by atoms with van der Waals surface area (Å²) in [6.45, 7) is 0.223. The van der Waals surface area contributed by atoms with Crippen LogP contribution < -0.4 is 5.56 Å². The van der Waals surface area contributed by atoms with Crippen molar-refractivity contribution in [1.29, 1.82) is 0 Å². The number of H-pyrrole nitrogens is 1. The first-order valence-electron chi connectivity index (χ1n) is 8.24. The lowest BCUT2D eigenvalue weighted by atomic mass is 10.1. The van der Waals surface area contributed by atoms with Gasteiger partial charge in [0.2, 0.25) is 5.91 Å². The van der Waals surface area contributed by atoms with E-state index in [1.54, 1.807) is 12.3 Å². The summed E-state index contributed by atoms with van der Waals surface area (Å²) in [6.07, 6.45) is 3.75. The maximum atomic E-state index is 13.3. The highest BCUT2D eigenvalue weighted by Crippen LogP contribution is 2.29. The topological polar surface area (TPSA) is 83.9 Å². The SMILES string of the molecule is O=C(Cn1cnc2[nH]cc(-c3cnc(Cl)c(Cl)c3)c2c1=O)N1CCC(F)C1. The Bertz CT molecular complexity index is 1100. The van der Waals surface area contributed by atoms with Crippen LogP contribution in [0.1, 0.15) is 6.42 Å². The molecule has 0 radical (unpaired) electrons. The van der Waals surface area contributed by atoms with Crippen molar-refractivity contribution in [3.8, 4) is 11.1 Å². The number of nitrogens with one attached hydrogen (secondary N) is 1. The number of halogens is 3. The number of carbonyl (C=O) groups excluding carboxylic acids is 1. The van der Waals surface area contributed by atoms with E-state index in [1.807, 2.05) is 0 Å². The number of hydrogen-bond donors (Lipinski definition) is 1. The van der Waals surface area contributed by atoms with E-state index in [0.29, 0.717) is 35.1 Å². The Labute approximate surface area is 162 Å². The number of fused-ring (bicyclic) bond motifs is 1. The first-order valence-corrected chi connectivity index (χ1v) is 8.99. The fourth-order valence-electron chi connectivity index (χ4n) is 3.15. The summed E-state index contributed by atoms with van der Waals surface area (Å²) in [6, 6.07) is 1.60. The molecule has 0 aliphatic carbocycles. The van der Waals surface area contributed by atoms with Gasteiger partial charge in [0.05, 0.1) is 17.0 Å². The molecule has 1 unspecified atom stereocenters. The highest BCUT2D eigenvalue weighted by molar-refractivity contribution is 6.41. The van der Waals surface area contributed by atoms with E-state index in [2.05, 4.69) is 15.0 Å². The number of rotatable bonds is 3. The third-order valence-electron chi connectivity index (χ3n) is 4.56. The molecule has 7 nitrogen and oxygen atoms in total. The van der Waals surface area contributed by atoms with E-state index in [-0.39, 0.29) is 34.7 Å². The van der Waals surface area contributed by atoms with Crippen molar-refractivity contribution < 1.29 is 9.18 Å². The minimum Gasteiger partial charge on any atom is -0.345 e. The summed E-state index contributed by atoms with van der Waals surface area (Å²) >= 11 is 11.9. The third-order valence-corrected chi connectivity index (χ3v) is 5.24. The summed E-state index contributed by atoms with van der Waals surface area (Å²) in [5.41, 5.74) is 1.15. The van der Waals surface area contributed by atoms with Crippen molar-refractivity contribution in [2.45, 2.75) is 19.1 Å². The zero-order valence-electron chi connectivity index (χ0n) is 14.0. The molecule has 1 aliphatic rings. The molecule has 10 heteroatoms. The van der Waals surface area contributed by atoms with Gasteiger partial charge in [-0.2, -0.15) is 0 Å². The molecule has 0 spiro atoms. The monoisotopic (exact) mass is 409 g/mol. The van der Waals surface area contributed by atoms with Crippen LogP contribution >= 0.6 is 23.2 Å². The van der Waals surface area contributed by atoms with Crippen molar-refractivity contribution in [2.75, 3.05) is 13.1 Å². The van der Waals surface area contributed by atoms with Gasteiger partial charge in [0.1, 0.15) is 29.8 Å². The van der Waals surface area contributed by atoms with Gasteiger partial charge in [-0.3, -0.25) is 14.2 Å². The van der Waals surface area contributed by atoms with Gasteiger partial charge in [-0.25, -0.2) is 14.4 Å². The molecule has 1 amide bonds. The Morgan fingerprint density at radius 1 is 1.37 bits per heavy atom. The minimum absolute atomic E-state index is 0.0631. The Kier molecular flexibility index (Phi) is 4.61. The van der Waals surface area contributed by atoms with Gasteiger partial charge in [-0.1, -0.05) is 23.2 Å². The molecule has 1 fully saturated rings. The van der Waals surface area contributed by atoms with Crippen LogP contribution in [-0.2, 0) is 11.3 Å². The molecule has 1 atom stereocenters. The maximum absolute atomic E-state index is 13.3. The lowest BCUT2D eigenvalue weighted by Crippen LogP contribution is -2.35. The molecule has 1 saturated heterocycles. The van der Waals surface area contributed by atoms with Crippen molar-refractivity contribution in [3.05, 3.63) is 45.3 Å². The zero-order chi connectivity index (χ0) is 19.1. The predicted molar refractivity (Wildman–Crippen MR) is 99.7 cm³/mol. The van der Waals surface area contributed by atoms with E-state index in [9.17, 15) is 14.0 Å². The number of carbonyl (C=O) groups is 1. The summed E-state index contributed by atoms with van der Waals surface area (Å²) in [7, 11) is 0. The third kappa shape index (κ3) is 3.30. The first kappa shape index (κ1) is 17.9. The molecule has 0 aromatic carbocycles. The average Bonchev–Trinajstić information content (AvgIpc) is 3.26. The van der Waals surface area contributed by atoms with Crippen LogP contribution in [0, 0.1) is 0 Å². The van der Waals surface area contributed by atoms with Crippen molar-refractivity contribution in [3.63, 3.8) is 0 Å². The van der Waals surface area contributed by atoms with E-state index < -0.39 is 6.17 Å². The molecule has 3 aromatic rings. The Hall–Kier alpha value is -2.45. The molecule has 4 heterocycles. The quantitative estimate of drug-likeness (QED) is 0.673. The smallest absolute Gasteiger partial charge is 0.263 e. The molecule has 1 N–H and O–H groups in total. The van der Waals surface area contributed by atoms with Crippen LogP contribution in [0.15, 0.2) is 29.6 Å². The van der Waals surface area contributed by atoms with Crippen molar-refractivity contribution >= 4 is 40.1 Å². The Balaban J connectivity index is 1.72. The van der Waals surface area contributed by atoms with Crippen LogP contribution in [0.2, 0.25) is 10.2 Å². The predicted octanol–water partition coefficient (Wildman–Crippen LogP) is 2.66. The number of alkyl halides is 1. The zero-order valence-corrected chi connectivity index (χ0v) is 15.5. The second-order valence-electron chi connectivity index (χ2n) is 6.33. The standard InChI is InChI=1S/C17H14Cl2FN5O2/c18-12-3-9(4-21-15(12)19)11-5-22-16-14(11)17(27)25(8-23-16)7-13(26)24-2-1-10(20)6-24/h3-5,8,10,22H,1-2,6-7H2. The summed E-state index contributed by atoms with van der Waals surface area (Å²) in [5, 5.41) is 0.742. The molecule has 140 valence electrons. The van der Waals surface area contributed by atoms with Gasteiger partial charge in [0, 0.05) is 30.1 Å². The highest BCUT2D eigenvalue weighted by atomic mass is 35.5. The van der Waals surface area contributed by atoms with Gasteiger partial charge in [0.15, 0.2) is 0 Å². The molecule has 27 heavy (non-hydrogen) atoms. The van der Waals surface area contributed by atoms with E-state index in [0.717, 1.165) is 0 Å². The summed E-state index contributed by atoms with van der Waals surface area (Å²) in [5.74, 6) is -0.313. The van der Waals surface area contributed by atoms with Gasteiger partial charge in [0.25, 0.3) is 5.56 Å². The fourth-order valence-corrected chi connectivity index (χ4v) is 3.42. The second kappa shape index (κ2) is 6.94. The van der Waals surface area contributed by atoms with Gasteiger partial charge in [-0.05, 0) is 12.5 Å². The van der Waals surface area contributed by atoms with Crippen LogP contribution in [0.25, 0.3) is 22.2 Å². The van der Waals surface area contributed by atoms with Crippen LogP contribution in [0.5, 0.6) is 0 Å². The Morgan fingerprint density at radius 2 is 2.19 bits per heavy atom. The van der Waals surface area contributed by atoms with Crippen LogP contribution in [-0.4, -0.2) is 49.6 Å². The van der Waals surface area contributed by atoms with Crippen molar-refractivity contribution in [2.24, 2.45) is 0 Å². The number of aromatic nitrogens is 4. The van der Waals surface area contributed by atoms with Crippen molar-refractivity contribution in [1.82, 2.24) is 24.4 Å². The molecular formula is C17H14Cl2FN5O2.